The zero-order chi connectivity index (χ0) is 16.3. The van der Waals surface area contributed by atoms with Gasteiger partial charge in [-0.1, -0.05) is 12.1 Å². The van der Waals surface area contributed by atoms with E-state index in [-0.39, 0.29) is 17.7 Å². The van der Waals surface area contributed by atoms with Gasteiger partial charge in [0.25, 0.3) is 5.91 Å². The average Bonchev–Trinajstić information content (AvgIpc) is 2.51. The molecule has 0 bridgehead atoms. The highest BCUT2D eigenvalue weighted by molar-refractivity contribution is 5.82. The molecule has 0 radical (unpaired) electrons. The molecule has 0 spiro atoms. The lowest BCUT2D eigenvalue weighted by molar-refractivity contribution is -0.140. The summed E-state index contributed by atoms with van der Waals surface area (Å²) in [7, 11) is 0. The molecule has 120 valence electrons. The number of nitrogens with zero attached hydrogens (tertiary/aromatic N) is 1. The van der Waals surface area contributed by atoms with E-state index in [0.29, 0.717) is 25.9 Å². The number of hydrogen-bond donors (Lipinski definition) is 1. The molecule has 1 aliphatic heterocycles. The molecular weight excluding hydrogens is 280 g/mol. The second-order valence-electron chi connectivity index (χ2n) is 5.96. The van der Waals surface area contributed by atoms with Gasteiger partial charge in [0, 0.05) is 19.0 Å². The van der Waals surface area contributed by atoms with Crippen molar-refractivity contribution in [1.29, 1.82) is 0 Å². The number of carbonyl (C=O) groups excluding carboxylic acids is 2. The number of ether oxygens (including phenoxy) is 1. The lowest BCUT2D eigenvalue weighted by atomic mass is 9.96. The zero-order valence-electron chi connectivity index (χ0n) is 13.5. The maximum atomic E-state index is 12.5. The number of benzene rings is 1. The number of aryl methyl sites for hydroxylation is 1. The maximum absolute atomic E-state index is 12.5. The number of piperidine rings is 1. The first-order chi connectivity index (χ1) is 10.4. The molecule has 2 rings (SSSR count). The lowest BCUT2D eigenvalue weighted by Gasteiger charge is -2.32. The molecule has 0 unspecified atom stereocenters. The van der Waals surface area contributed by atoms with Crippen LogP contribution in [0.2, 0.25) is 0 Å². The van der Waals surface area contributed by atoms with E-state index in [0.717, 1.165) is 16.9 Å². The monoisotopic (exact) mass is 304 g/mol. The van der Waals surface area contributed by atoms with Crippen molar-refractivity contribution in [3.05, 3.63) is 29.3 Å². The van der Waals surface area contributed by atoms with Crippen LogP contribution in [0.25, 0.3) is 0 Å². The van der Waals surface area contributed by atoms with Crippen LogP contribution in [0.1, 0.15) is 30.9 Å². The molecule has 2 N–H and O–H groups in total. The van der Waals surface area contributed by atoms with Crippen molar-refractivity contribution in [3.63, 3.8) is 0 Å². The topological polar surface area (TPSA) is 72.6 Å². The van der Waals surface area contributed by atoms with Crippen LogP contribution >= 0.6 is 0 Å². The minimum Gasteiger partial charge on any atom is -0.481 e. The van der Waals surface area contributed by atoms with Crippen molar-refractivity contribution in [1.82, 2.24) is 4.90 Å². The molecule has 22 heavy (non-hydrogen) atoms. The van der Waals surface area contributed by atoms with Gasteiger partial charge >= 0.3 is 0 Å². The minimum atomic E-state index is -0.536. The summed E-state index contributed by atoms with van der Waals surface area (Å²) in [6, 6.07) is 5.82. The first kappa shape index (κ1) is 16.3. The summed E-state index contributed by atoms with van der Waals surface area (Å²) in [4.78, 5) is 25.4. The fourth-order valence-corrected chi connectivity index (χ4v) is 2.73. The third kappa shape index (κ3) is 3.59. The smallest absolute Gasteiger partial charge is 0.263 e. The van der Waals surface area contributed by atoms with Crippen LogP contribution in [0.3, 0.4) is 0 Å². The van der Waals surface area contributed by atoms with Gasteiger partial charge in [-0.15, -0.1) is 0 Å². The third-order valence-electron chi connectivity index (χ3n) is 4.42. The van der Waals surface area contributed by atoms with Gasteiger partial charge in [-0.25, -0.2) is 0 Å². The van der Waals surface area contributed by atoms with E-state index >= 15 is 0 Å². The standard InChI is InChI=1S/C17H24N2O3/c1-11-5-4-6-15(12(11)2)22-13(3)17(21)19-9-7-14(8-10-19)16(18)20/h4-6,13-14H,7-10H2,1-3H3,(H2,18,20)/t13-/m1/s1. The number of amides is 2. The van der Waals surface area contributed by atoms with E-state index in [2.05, 4.69) is 0 Å². The number of primary amides is 1. The largest absolute Gasteiger partial charge is 0.481 e. The van der Waals surface area contributed by atoms with E-state index in [1.165, 1.54) is 0 Å². The van der Waals surface area contributed by atoms with Gasteiger partial charge in [-0.05, 0) is 50.8 Å². The second-order valence-corrected chi connectivity index (χ2v) is 5.96. The van der Waals surface area contributed by atoms with Gasteiger partial charge in [0.05, 0.1) is 0 Å². The average molecular weight is 304 g/mol. The SMILES string of the molecule is Cc1cccc(O[C@H](C)C(=O)N2CCC(C(N)=O)CC2)c1C. The van der Waals surface area contributed by atoms with Crippen molar-refractivity contribution in [3.8, 4) is 5.75 Å². The number of likely N-dealkylation sites (tertiary alicyclic amines) is 1. The van der Waals surface area contributed by atoms with E-state index in [9.17, 15) is 9.59 Å². The summed E-state index contributed by atoms with van der Waals surface area (Å²) in [6.45, 7) is 6.90. The van der Waals surface area contributed by atoms with Crippen LogP contribution in [0, 0.1) is 19.8 Å². The minimum absolute atomic E-state index is 0.0381. The van der Waals surface area contributed by atoms with Gasteiger partial charge in [0.2, 0.25) is 5.91 Å². The summed E-state index contributed by atoms with van der Waals surface area (Å²) in [5.74, 6) is 0.322. The van der Waals surface area contributed by atoms with Gasteiger partial charge < -0.3 is 15.4 Å². The number of rotatable bonds is 4. The molecule has 1 atom stereocenters. The summed E-state index contributed by atoms with van der Waals surface area (Å²) >= 11 is 0. The Hall–Kier alpha value is -2.04. The van der Waals surface area contributed by atoms with Crippen LogP contribution in [-0.4, -0.2) is 35.9 Å². The lowest BCUT2D eigenvalue weighted by Crippen LogP contribution is -2.46. The van der Waals surface area contributed by atoms with Crippen LogP contribution in [-0.2, 0) is 9.59 Å². The summed E-state index contributed by atoms with van der Waals surface area (Å²) < 4.78 is 5.83. The van der Waals surface area contributed by atoms with Crippen molar-refractivity contribution >= 4 is 11.8 Å². The van der Waals surface area contributed by atoms with Crippen molar-refractivity contribution in [2.24, 2.45) is 11.7 Å². The fraction of sp³-hybridized carbons (Fsp3) is 0.529. The molecule has 1 aromatic carbocycles. The third-order valence-corrected chi connectivity index (χ3v) is 4.42. The molecule has 1 aromatic rings. The molecule has 0 saturated carbocycles. The molecule has 1 aliphatic rings. The summed E-state index contributed by atoms with van der Waals surface area (Å²) in [6.07, 6.45) is 0.736. The van der Waals surface area contributed by atoms with Crippen LogP contribution in [0.15, 0.2) is 18.2 Å². The van der Waals surface area contributed by atoms with Crippen LogP contribution in [0.4, 0.5) is 0 Å². The Morgan fingerprint density at radius 1 is 1.27 bits per heavy atom. The van der Waals surface area contributed by atoms with Gasteiger partial charge in [0.15, 0.2) is 6.10 Å². The maximum Gasteiger partial charge on any atom is 0.263 e. The Morgan fingerprint density at radius 2 is 1.91 bits per heavy atom. The Balaban J connectivity index is 1.95. The predicted molar refractivity (Wildman–Crippen MR) is 84.5 cm³/mol. The van der Waals surface area contributed by atoms with Gasteiger partial charge in [-0.3, -0.25) is 9.59 Å². The Morgan fingerprint density at radius 3 is 2.50 bits per heavy atom. The van der Waals surface area contributed by atoms with Crippen molar-refractivity contribution in [2.45, 2.75) is 39.7 Å². The Kier molecular flexibility index (Phi) is 5.06. The first-order valence-corrected chi connectivity index (χ1v) is 7.71. The second kappa shape index (κ2) is 6.81. The molecule has 0 aromatic heterocycles. The molecule has 1 saturated heterocycles. The van der Waals surface area contributed by atoms with Crippen molar-refractivity contribution in [2.75, 3.05) is 13.1 Å². The molecule has 1 fully saturated rings. The molecule has 5 heteroatoms. The number of nitrogens with two attached hydrogens (primary N) is 1. The summed E-state index contributed by atoms with van der Waals surface area (Å²) in [5, 5.41) is 0. The van der Waals surface area contributed by atoms with Crippen molar-refractivity contribution < 1.29 is 14.3 Å². The molecule has 5 nitrogen and oxygen atoms in total. The van der Waals surface area contributed by atoms with Gasteiger partial charge in [-0.2, -0.15) is 0 Å². The van der Waals surface area contributed by atoms with E-state index in [1.807, 2.05) is 32.0 Å². The normalized spacial score (nSPS) is 17.1. The van der Waals surface area contributed by atoms with Gasteiger partial charge in [0.1, 0.15) is 5.75 Å². The molecular formula is C17H24N2O3. The number of carbonyl (C=O) groups is 2. The van der Waals surface area contributed by atoms with E-state index < -0.39 is 6.10 Å². The highest BCUT2D eigenvalue weighted by Gasteiger charge is 2.29. The summed E-state index contributed by atoms with van der Waals surface area (Å²) in [5.41, 5.74) is 7.50. The Bertz CT molecular complexity index is 563. The zero-order valence-corrected chi connectivity index (χ0v) is 13.5. The predicted octanol–water partition coefficient (Wildman–Crippen LogP) is 1.79. The highest BCUT2D eigenvalue weighted by atomic mass is 16.5. The first-order valence-electron chi connectivity index (χ1n) is 7.71. The molecule has 1 heterocycles. The molecule has 0 aliphatic carbocycles. The quantitative estimate of drug-likeness (QED) is 0.922. The van der Waals surface area contributed by atoms with Crippen LogP contribution in [0.5, 0.6) is 5.75 Å². The van der Waals surface area contributed by atoms with E-state index in [1.54, 1.807) is 11.8 Å². The molecule has 2 amide bonds. The van der Waals surface area contributed by atoms with E-state index in [4.69, 9.17) is 10.5 Å². The fourth-order valence-electron chi connectivity index (χ4n) is 2.73. The Labute approximate surface area is 131 Å². The number of hydrogen-bond acceptors (Lipinski definition) is 3. The van der Waals surface area contributed by atoms with Crippen LogP contribution < -0.4 is 10.5 Å². The highest BCUT2D eigenvalue weighted by Crippen LogP contribution is 2.23.